The lowest BCUT2D eigenvalue weighted by atomic mass is 10.0. The second kappa shape index (κ2) is 43.8. The number of unbranched alkanes of at least 4 members (excludes halogenated alkanes) is 36. The lowest BCUT2D eigenvalue weighted by Gasteiger charge is -2.16. The number of aryl methyl sites for hydroxylation is 3. The molecule has 3 heterocycles. The zero-order valence-electron chi connectivity index (χ0n) is 62.3. The van der Waals surface area contributed by atoms with Crippen molar-refractivity contribution in [2.24, 2.45) is 14.9 Å². The van der Waals surface area contributed by atoms with E-state index < -0.39 is 6.40 Å². The van der Waals surface area contributed by atoms with Crippen molar-refractivity contribution < 1.29 is 14.2 Å². The number of fused-ring (bicyclic) bond motifs is 5. The van der Waals surface area contributed by atoms with Crippen molar-refractivity contribution in [3.63, 3.8) is 0 Å². The highest BCUT2D eigenvalue weighted by Gasteiger charge is 2.32. The Balaban J connectivity index is 0.894. The number of hydrogen-bond acceptors (Lipinski definition) is 7. The molecule has 2 aliphatic rings. The predicted octanol–water partition coefficient (Wildman–Crippen LogP) is 27.6. The predicted molar refractivity (Wildman–Crippen MR) is 429 cm³/mol. The number of aromatic nitrogens is 1. The Morgan fingerprint density at radius 3 is 1.16 bits per heavy atom. The first-order chi connectivity index (χ1) is 49.2. The van der Waals surface area contributed by atoms with Crippen LogP contribution >= 0.6 is 11.5 Å². The number of aliphatic imine (C=N–C) groups is 2. The van der Waals surface area contributed by atoms with Crippen LogP contribution in [0.2, 0.25) is 0 Å². The summed E-state index contributed by atoms with van der Waals surface area (Å²) < 4.78 is 22.0. The fraction of sp³-hybridized carbons (Fsp3) is 0.528. The van der Waals surface area contributed by atoms with Crippen LogP contribution in [-0.4, -0.2) is 46.0 Å². The van der Waals surface area contributed by atoms with Crippen molar-refractivity contribution in [1.82, 2.24) is 9.38 Å². The third-order valence-electron chi connectivity index (χ3n) is 20.6. The number of nitrogens with one attached hydrogen (secondary N) is 1. The molecule has 536 valence electrons. The summed E-state index contributed by atoms with van der Waals surface area (Å²) in [5.41, 5.74) is 7.68. The van der Waals surface area contributed by atoms with Crippen LogP contribution in [0.1, 0.15) is 317 Å². The van der Waals surface area contributed by atoms with Crippen LogP contribution in [0.4, 0.5) is 5.82 Å². The van der Waals surface area contributed by atoms with Crippen LogP contribution in [0.3, 0.4) is 0 Å². The summed E-state index contributed by atoms with van der Waals surface area (Å²) in [4.78, 5) is 18.0. The van der Waals surface area contributed by atoms with Crippen LogP contribution in [-0.2, 0) is 19.3 Å². The summed E-state index contributed by atoms with van der Waals surface area (Å²) in [5, 5.41) is 11.4. The molecule has 0 atom stereocenters. The van der Waals surface area contributed by atoms with Gasteiger partial charge in [-0.25, -0.2) is 9.98 Å². The minimum atomic E-state index is -0.955. The van der Waals surface area contributed by atoms with Gasteiger partial charge in [0.05, 0.1) is 0 Å². The van der Waals surface area contributed by atoms with Gasteiger partial charge in [0.25, 0.3) is 0 Å². The molecule has 0 bridgehead atoms. The average molecular weight is 1370 g/mol. The molecule has 1 N–H and O–H groups in total. The summed E-state index contributed by atoms with van der Waals surface area (Å²) >= 11 is 7.62. The number of hydrogen-bond donors (Lipinski definition) is 1. The Morgan fingerprint density at radius 1 is 0.400 bits per heavy atom. The summed E-state index contributed by atoms with van der Waals surface area (Å²) in [6.45, 7) is 8.91. The van der Waals surface area contributed by atoms with Crippen molar-refractivity contribution in [3.05, 3.63) is 173 Å². The molecule has 2 aliphatic heterocycles. The second-order valence-corrected chi connectivity index (χ2v) is 29.4. The molecule has 0 amide bonds. The van der Waals surface area contributed by atoms with Gasteiger partial charge >= 0.3 is 6.40 Å². The van der Waals surface area contributed by atoms with E-state index in [9.17, 15) is 5.41 Å². The van der Waals surface area contributed by atoms with E-state index in [0.29, 0.717) is 40.4 Å². The smallest absolute Gasteiger partial charge is 0.457 e. The molecule has 6 aromatic carbocycles. The highest BCUT2D eigenvalue weighted by Crippen LogP contribution is 2.38. The lowest BCUT2D eigenvalue weighted by Crippen LogP contribution is -2.27. The fourth-order valence-electron chi connectivity index (χ4n) is 14.6. The topological polar surface area (TPSA) is 96.8 Å². The van der Waals surface area contributed by atoms with E-state index >= 15 is 0 Å². The van der Waals surface area contributed by atoms with E-state index in [0.717, 1.165) is 81.9 Å². The Morgan fingerprint density at radius 2 is 0.750 bits per heavy atom. The van der Waals surface area contributed by atoms with Crippen LogP contribution < -0.4 is 14.2 Å². The van der Waals surface area contributed by atoms with Crippen molar-refractivity contribution >= 4 is 57.7 Å². The Kier molecular flexibility index (Phi) is 33.8. The highest BCUT2D eigenvalue weighted by atomic mass is 35.5. The molecular weight excluding hydrogens is 1250 g/mol. The first kappa shape index (κ1) is 77.3. The molecule has 0 fully saturated rings. The maximum Gasteiger partial charge on any atom is 0.511 e. The number of rotatable bonds is 48. The molecule has 0 unspecified atom stereocenters. The van der Waals surface area contributed by atoms with Gasteiger partial charge in [-0.1, -0.05) is 288 Å². The molecule has 100 heavy (non-hydrogen) atoms. The quantitative estimate of drug-likeness (QED) is 0.0304. The van der Waals surface area contributed by atoms with Gasteiger partial charge in [0.1, 0.15) is 57.8 Å². The molecule has 9 rings (SSSR count). The monoisotopic (exact) mass is 1370 g/mol. The van der Waals surface area contributed by atoms with Gasteiger partial charge in [-0.2, -0.15) is 0 Å². The minimum absolute atomic E-state index is 0.314. The largest absolute Gasteiger partial charge is 0.511 e. The van der Waals surface area contributed by atoms with E-state index in [4.69, 9.17) is 40.6 Å². The molecule has 0 aliphatic carbocycles. The van der Waals surface area contributed by atoms with Gasteiger partial charge < -0.3 is 23.6 Å². The van der Waals surface area contributed by atoms with E-state index in [-0.39, 0.29) is 0 Å². The second-order valence-electron chi connectivity index (χ2n) is 29.1. The lowest BCUT2D eigenvalue weighted by molar-refractivity contribution is 0.481. The molecule has 11 heteroatoms. The van der Waals surface area contributed by atoms with E-state index in [2.05, 4.69) is 93.6 Å². The van der Waals surface area contributed by atoms with Crippen LogP contribution in [0.25, 0.3) is 10.8 Å². The molecule has 7 aromatic rings. The molecule has 0 spiro atoms. The maximum absolute atomic E-state index is 9.53. The van der Waals surface area contributed by atoms with Crippen LogP contribution in [0.15, 0.2) is 148 Å². The first-order valence-corrected chi connectivity index (χ1v) is 40.5. The highest BCUT2D eigenvalue weighted by molar-refractivity contribution is 7.05. The van der Waals surface area contributed by atoms with Gasteiger partial charge in [-0.3, -0.25) is 10.3 Å². The Hall–Kier alpha value is -6.91. The number of ether oxygens (including phenoxy) is 3. The third-order valence-corrected chi connectivity index (χ3v) is 20.9. The molecule has 0 saturated heterocycles. The Labute approximate surface area is 609 Å². The zero-order chi connectivity index (χ0) is 69.8. The van der Waals surface area contributed by atoms with Crippen LogP contribution in [0.5, 0.6) is 34.5 Å². The van der Waals surface area contributed by atoms with E-state index in [1.165, 1.54) is 261 Å². The zero-order valence-corrected chi connectivity index (χ0v) is 63.1. The minimum Gasteiger partial charge on any atom is -0.457 e. The van der Waals surface area contributed by atoms with Crippen molar-refractivity contribution in [1.29, 1.82) is 5.41 Å². The fourth-order valence-corrected chi connectivity index (χ4v) is 14.8. The summed E-state index contributed by atoms with van der Waals surface area (Å²) in [5.74, 6) is 6.37. The number of amidine groups is 3. The molecule has 0 saturated carbocycles. The third kappa shape index (κ3) is 25.3. The summed E-state index contributed by atoms with van der Waals surface area (Å²) in [6, 6.07) is 43.8. The van der Waals surface area contributed by atoms with Gasteiger partial charge in [0.2, 0.25) is 0 Å². The van der Waals surface area contributed by atoms with Crippen LogP contribution in [0, 0.1) is 5.41 Å². The van der Waals surface area contributed by atoms with Crippen molar-refractivity contribution in [2.45, 2.75) is 297 Å². The van der Waals surface area contributed by atoms with Gasteiger partial charge in [-0.15, -0.1) is 11.5 Å². The molecule has 0 radical (unpaired) electrons. The SMILES string of the molecule is CCCCCCCCCCCCCCCc1cccc(Oc2ccc3c(c2)C(=N)N(C)C3=NC2=NB(Cl)n3cc4ccc(Oc5cccc(CCCCCCCCCCCCCCC)c5)cc4c3N=C(C)c3ccc(Oc4cccc(CCCCCCCCCCCCCCC)c4)cc32)c1. The average Bonchev–Trinajstić information content (AvgIpc) is 1.60. The van der Waals surface area contributed by atoms with Gasteiger partial charge in [0, 0.05) is 52.0 Å². The van der Waals surface area contributed by atoms with E-state index in [1.807, 2.05) is 84.1 Å². The van der Waals surface area contributed by atoms with Crippen molar-refractivity contribution in [2.75, 3.05) is 7.05 Å². The Bertz CT molecular complexity index is 3680. The van der Waals surface area contributed by atoms with Gasteiger partial charge in [-0.05, 0) is 153 Å². The van der Waals surface area contributed by atoms with Crippen molar-refractivity contribution in [3.8, 4) is 34.5 Å². The molecular formula is C89H122BClN6O3. The summed E-state index contributed by atoms with van der Waals surface area (Å²) in [6.07, 6.45) is 56.6. The summed E-state index contributed by atoms with van der Waals surface area (Å²) in [7, 11) is 1.89. The first-order valence-electron chi connectivity index (χ1n) is 40.1. The normalized spacial score (nSPS) is 13.3. The number of benzene rings is 6. The van der Waals surface area contributed by atoms with E-state index in [1.54, 1.807) is 0 Å². The maximum atomic E-state index is 9.53. The molecule has 1 aromatic heterocycles. The number of nitrogens with zero attached hydrogens (tertiary/aromatic N) is 5. The standard InChI is InChI=1S/C89H122BClN6O3/c1-6-9-12-15-18-21-24-27-30-33-36-39-42-48-71-51-45-54-75(63-71)98-78-58-57-74-69-97-89(83(74)66-78)93-70(4)81-61-59-80(100-77-56-47-53-73(65-77)50-44-41-38-35-32-29-26-23-20-17-14-11-8-3)68-85(81)87(95-90(97)91)94-88-82-62-60-79(67-84(82)86(92)96(88)5)99-76-55-46-52-72(64-76)49-43-40-37-34-31-28-25-22-19-16-13-10-7-2/h45-47,51-69,92H,6-44,48-50H2,1-5H3. The van der Waals surface area contributed by atoms with Gasteiger partial charge in [0.15, 0.2) is 0 Å². The number of halogens is 1. The molecule has 9 nitrogen and oxygen atoms in total.